The van der Waals surface area contributed by atoms with Crippen molar-refractivity contribution in [3.63, 3.8) is 0 Å². The molecule has 0 bridgehead atoms. The summed E-state index contributed by atoms with van der Waals surface area (Å²) in [5, 5.41) is 0. The van der Waals surface area contributed by atoms with Gasteiger partial charge in [-0.1, -0.05) is 62.9 Å². The van der Waals surface area contributed by atoms with Gasteiger partial charge in [-0.2, -0.15) is 0 Å². The predicted octanol–water partition coefficient (Wildman–Crippen LogP) is 4.26. The Bertz CT molecular complexity index is 755. The van der Waals surface area contributed by atoms with E-state index in [4.69, 9.17) is 52.1 Å². The first-order chi connectivity index (χ1) is 23.3. The molecular formula is C35H62O12. The van der Waals surface area contributed by atoms with E-state index in [1.807, 2.05) is 30.3 Å². The molecule has 0 atom stereocenters. The van der Waals surface area contributed by atoms with Crippen LogP contribution in [0.2, 0.25) is 0 Å². The van der Waals surface area contributed by atoms with E-state index >= 15 is 0 Å². The number of carbonyl (C=O) groups is 1. The number of hydrogen-bond donors (Lipinski definition) is 0. The van der Waals surface area contributed by atoms with Crippen molar-refractivity contribution in [3.8, 4) is 0 Å². The molecule has 0 radical (unpaired) electrons. The van der Waals surface area contributed by atoms with E-state index in [9.17, 15) is 4.79 Å². The number of unbranched alkanes of at least 4 members (excludes halogenated alkanes) is 4. The Balaban J connectivity index is 1.63. The van der Waals surface area contributed by atoms with E-state index in [2.05, 4.69) is 6.92 Å². The maximum Gasteiger partial charge on any atom is 0.305 e. The van der Waals surface area contributed by atoms with Gasteiger partial charge in [0.1, 0.15) is 6.61 Å². The lowest BCUT2D eigenvalue weighted by atomic mass is 10.1. The van der Waals surface area contributed by atoms with Crippen molar-refractivity contribution in [2.45, 2.75) is 52.1 Å². The third-order valence-electron chi connectivity index (χ3n) is 6.43. The zero-order valence-corrected chi connectivity index (χ0v) is 28.9. The molecule has 0 aliphatic rings. The molecule has 1 rings (SSSR count). The van der Waals surface area contributed by atoms with Gasteiger partial charge in [0.25, 0.3) is 0 Å². The lowest BCUT2D eigenvalue weighted by molar-refractivity contribution is -0.145. The van der Waals surface area contributed by atoms with Crippen molar-refractivity contribution in [3.05, 3.63) is 35.9 Å². The van der Waals surface area contributed by atoms with Gasteiger partial charge in [0.2, 0.25) is 0 Å². The predicted molar refractivity (Wildman–Crippen MR) is 178 cm³/mol. The van der Waals surface area contributed by atoms with Crippen molar-refractivity contribution in [1.29, 1.82) is 0 Å². The van der Waals surface area contributed by atoms with Gasteiger partial charge in [0.15, 0.2) is 0 Å². The summed E-state index contributed by atoms with van der Waals surface area (Å²) in [5.41, 5.74) is 1.16. The number of hydrogen-bond acceptors (Lipinski definition) is 12. The maximum absolute atomic E-state index is 11.6. The molecule has 1 aromatic rings. The van der Waals surface area contributed by atoms with Gasteiger partial charge in [0, 0.05) is 6.42 Å². The van der Waals surface area contributed by atoms with E-state index in [1.54, 1.807) is 0 Å². The Morgan fingerprint density at radius 3 is 1.15 bits per heavy atom. The molecule has 0 fully saturated rings. The minimum Gasteiger partial charge on any atom is -0.463 e. The summed E-state index contributed by atoms with van der Waals surface area (Å²) in [6.07, 6.45) is 6.08. The van der Waals surface area contributed by atoms with Crippen LogP contribution in [-0.4, -0.2) is 138 Å². The molecule has 0 aliphatic carbocycles. The van der Waals surface area contributed by atoms with Gasteiger partial charge in [0.05, 0.1) is 132 Å². The summed E-state index contributed by atoms with van der Waals surface area (Å²) in [6, 6.07) is 10.1. The van der Waals surface area contributed by atoms with E-state index < -0.39 is 0 Å². The van der Waals surface area contributed by atoms with E-state index in [0.29, 0.717) is 139 Å². The fourth-order valence-electron chi connectivity index (χ4n) is 3.90. The Morgan fingerprint density at radius 1 is 0.426 bits per heavy atom. The lowest BCUT2D eigenvalue weighted by Gasteiger charge is -2.09. The van der Waals surface area contributed by atoms with E-state index in [-0.39, 0.29) is 12.6 Å². The number of esters is 1. The summed E-state index contributed by atoms with van der Waals surface area (Å²) in [6.45, 7) is 12.6. The summed E-state index contributed by atoms with van der Waals surface area (Å²) in [7, 11) is 0. The third kappa shape index (κ3) is 34.0. The number of rotatable bonds is 38. The Labute approximate surface area is 282 Å². The average Bonchev–Trinajstić information content (AvgIpc) is 3.09. The van der Waals surface area contributed by atoms with Crippen LogP contribution in [0.4, 0.5) is 0 Å². The van der Waals surface area contributed by atoms with Crippen molar-refractivity contribution in [1.82, 2.24) is 0 Å². The monoisotopic (exact) mass is 674 g/mol. The molecule has 0 N–H and O–H groups in total. The standard InChI is InChI=1S/C35H62O12/c1-2-3-4-5-9-12-35(36)47-32-31-45-28-27-43-24-23-41-20-19-39-16-15-37-13-14-38-17-18-40-21-22-42-25-26-44-29-30-46-33-34-10-7-6-8-11-34/h6-8,10-11H,2-5,9,12-33H2,1H3. The minimum absolute atomic E-state index is 0.146. The van der Waals surface area contributed by atoms with Crippen LogP contribution in [0, 0.1) is 0 Å². The van der Waals surface area contributed by atoms with Crippen LogP contribution in [0.15, 0.2) is 30.3 Å². The minimum atomic E-state index is -0.146. The third-order valence-corrected chi connectivity index (χ3v) is 6.43. The first-order valence-corrected chi connectivity index (χ1v) is 17.3. The second-order valence-corrected chi connectivity index (χ2v) is 10.4. The van der Waals surface area contributed by atoms with Gasteiger partial charge in [-0.3, -0.25) is 4.79 Å². The summed E-state index contributed by atoms with van der Waals surface area (Å²) in [5.74, 6) is -0.146. The molecule has 0 aliphatic heterocycles. The zero-order valence-electron chi connectivity index (χ0n) is 28.9. The van der Waals surface area contributed by atoms with Crippen molar-refractivity contribution >= 4 is 5.97 Å². The van der Waals surface area contributed by atoms with Gasteiger partial charge in [-0.05, 0) is 12.0 Å². The second kappa shape index (κ2) is 37.1. The molecule has 0 aromatic heterocycles. The molecule has 0 amide bonds. The molecule has 47 heavy (non-hydrogen) atoms. The molecule has 12 heteroatoms. The van der Waals surface area contributed by atoms with Crippen molar-refractivity contribution < 1.29 is 56.9 Å². The SMILES string of the molecule is CCCCCCCC(=O)OCCOCCOCCOCCOCCOCCOCCOCCOCCOCCOCc1ccccc1. The van der Waals surface area contributed by atoms with Crippen LogP contribution in [0.25, 0.3) is 0 Å². The zero-order chi connectivity index (χ0) is 33.6. The van der Waals surface area contributed by atoms with Crippen molar-refractivity contribution in [2.75, 3.05) is 132 Å². The van der Waals surface area contributed by atoms with Gasteiger partial charge in [-0.15, -0.1) is 0 Å². The number of benzene rings is 1. The fourth-order valence-corrected chi connectivity index (χ4v) is 3.90. The van der Waals surface area contributed by atoms with Gasteiger partial charge in [-0.25, -0.2) is 0 Å². The first-order valence-electron chi connectivity index (χ1n) is 17.3. The molecule has 0 heterocycles. The van der Waals surface area contributed by atoms with E-state index in [0.717, 1.165) is 18.4 Å². The van der Waals surface area contributed by atoms with Crippen LogP contribution in [0.1, 0.15) is 51.0 Å². The van der Waals surface area contributed by atoms with Crippen LogP contribution >= 0.6 is 0 Å². The molecular weight excluding hydrogens is 612 g/mol. The Kier molecular flexibility index (Phi) is 34.2. The summed E-state index contributed by atoms with van der Waals surface area (Å²) in [4.78, 5) is 11.6. The summed E-state index contributed by atoms with van der Waals surface area (Å²) < 4.78 is 60.0. The van der Waals surface area contributed by atoms with Crippen LogP contribution in [-0.2, 0) is 63.5 Å². The highest BCUT2D eigenvalue weighted by molar-refractivity contribution is 5.69. The molecule has 274 valence electrons. The number of ether oxygens (including phenoxy) is 11. The molecule has 1 aromatic carbocycles. The average molecular weight is 675 g/mol. The van der Waals surface area contributed by atoms with Gasteiger partial charge < -0.3 is 52.1 Å². The Morgan fingerprint density at radius 2 is 0.766 bits per heavy atom. The molecule has 0 saturated heterocycles. The van der Waals surface area contributed by atoms with Crippen LogP contribution in [0.3, 0.4) is 0 Å². The Hall–Kier alpha value is -1.71. The highest BCUT2D eigenvalue weighted by atomic mass is 16.6. The lowest BCUT2D eigenvalue weighted by Crippen LogP contribution is -2.15. The van der Waals surface area contributed by atoms with Gasteiger partial charge >= 0.3 is 5.97 Å². The highest BCUT2D eigenvalue weighted by Gasteiger charge is 2.02. The second-order valence-electron chi connectivity index (χ2n) is 10.4. The smallest absolute Gasteiger partial charge is 0.305 e. The quantitative estimate of drug-likeness (QED) is 0.0737. The largest absolute Gasteiger partial charge is 0.463 e. The first kappa shape index (κ1) is 43.3. The fraction of sp³-hybridized carbons (Fsp3) is 0.800. The molecule has 0 unspecified atom stereocenters. The van der Waals surface area contributed by atoms with Crippen LogP contribution in [0.5, 0.6) is 0 Å². The normalized spacial score (nSPS) is 11.3. The maximum atomic E-state index is 11.6. The van der Waals surface area contributed by atoms with E-state index in [1.165, 1.54) is 19.3 Å². The molecule has 0 saturated carbocycles. The molecule has 0 spiro atoms. The van der Waals surface area contributed by atoms with Crippen molar-refractivity contribution in [2.24, 2.45) is 0 Å². The summed E-state index contributed by atoms with van der Waals surface area (Å²) >= 11 is 0. The molecule has 12 nitrogen and oxygen atoms in total. The van der Waals surface area contributed by atoms with Crippen LogP contribution < -0.4 is 0 Å². The highest BCUT2D eigenvalue weighted by Crippen LogP contribution is 2.05. The number of carbonyl (C=O) groups excluding carboxylic acids is 1. The topological polar surface area (TPSA) is 119 Å².